The van der Waals surface area contributed by atoms with Gasteiger partial charge in [0.05, 0.1) is 6.10 Å². The lowest BCUT2D eigenvalue weighted by Gasteiger charge is -2.05. The molecule has 3 heteroatoms. The van der Waals surface area contributed by atoms with E-state index in [9.17, 15) is 9.90 Å². The molecule has 0 aliphatic carbocycles. The quantitative estimate of drug-likeness (QED) is 0.778. The van der Waals surface area contributed by atoms with Crippen molar-refractivity contribution in [3.8, 4) is 0 Å². The Kier molecular flexibility index (Phi) is 3.37. The molecule has 1 aromatic carbocycles. The van der Waals surface area contributed by atoms with Crippen LogP contribution in [0, 0.1) is 0 Å². The molecule has 0 unspecified atom stereocenters. The van der Waals surface area contributed by atoms with Crippen LogP contribution in [-0.4, -0.2) is 23.5 Å². The molecule has 1 aromatic rings. The van der Waals surface area contributed by atoms with Gasteiger partial charge in [-0.2, -0.15) is 0 Å². The zero-order valence-electron chi connectivity index (χ0n) is 9.02. The van der Waals surface area contributed by atoms with E-state index in [1.807, 2.05) is 30.3 Å². The zero-order chi connectivity index (χ0) is 11.4. The second-order valence-electron chi connectivity index (χ2n) is 4.02. The topological polar surface area (TPSA) is 49.3 Å². The molecule has 0 fully saturated rings. The van der Waals surface area contributed by atoms with Crippen molar-refractivity contribution in [2.24, 2.45) is 0 Å². The summed E-state index contributed by atoms with van der Waals surface area (Å²) in [5.74, 6) is 0.0290. The lowest BCUT2D eigenvalue weighted by molar-refractivity contribution is -0.117. The second-order valence-corrected chi connectivity index (χ2v) is 4.02. The minimum Gasteiger partial charge on any atom is -0.391 e. The number of hydrogen-bond acceptors (Lipinski definition) is 3. The first-order chi connectivity index (χ1) is 7.75. The molecule has 0 radical (unpaired) electrons. The number of Topliss-reactive ketones (excluding diaryl/α,β-unsaturated/α-hetero) is 1. The average molecular weight is 217 g/mol. The maximum absolute atomic E-state index is 11.8. The first kappa shape index (κ1) is 10.9. The van der Waals surface area contributed by atoms with Gasteiger partial charge in [0.2, 0.25) is 0 Å². The number of β-amino-alcohol motifs (C(OH)–C–C–N with tert-alkyl or cyclic N) is 1. The molecule has 2 rings (SSSR count). The van der Waals surface area contributed by atoms with Gasteiger partial charge in [-0.3, -0.25) is 4.79 Å². The van der Waals surface area contributed by atoms with E-state index in [1.165, 1.54) is 0 Å². The van der Waals surface area contributed by atoms with E-state index in [0.717, 1.165) is 11.1 Å². The molecule has 0 amide bonds. The van der Waals surface area contributed by atoms with Crippen LogP contribution in [-0.2, 0) is 11.2 Å². The van der Waals surface area contributed by atoms with Gasteiger partial charge in [-0.05, 0) is 5.56 Å². The number of allylic oxidation sites excluding steroid dienone is 1. The molecule has 1 aliphatic rings. The Labute approximate surface area is 94.8 Å². The van der Waals surface area contributed by atoms with E-state index in [4.69, 9.17) is 0 Å². The number of hydrogen-bond donors (Lipinski definition) is 2. The van der Waals surface area contributed by atoms with Crippen molar-refractivity contribution in [2.75, 3.05) is 6.54 Å². The largest absolute Gasteiger partial charge is 0.391 e. The fourth-order valence-electron chi connectivity index (χ4n) is 1.78. The summed E-state index contributed by atoms with van der Waals surface area (Å²) in [5, 5.41) is 12.4. The van der Waals surface area contributed by atoms with Crippen LogP contribution in [0.5, 0.6) is 0 Å². The van der Waals surface area contributed by atoms with E-state index in [1.54, 1.807) is 6.20 Å². The van der Waals surface area contributed by atoms with Gasteiger partial charge in [-0.15, -0.1) is 0 Å². The maximum Gasteiger partial charge on any atom is 0.163 e. The van der Waals surface area contributed by atoms with Crippen LogP contribution in [0.3, 0.4) is 0 Å². The van der Waals surface area contributed by atoms with Crippen LogP contribution in [0.4, 0.5) is 0 Å². The van der Waals surface area contributed by atoms with Crippen molar-refractivity contribution < 1.29 is 9.90 Å². The highest BCUT2D eigenvalue weighted by Crippen LogP contribution is 2.12. The summed E-state index contributed by atoms with van der Waals surface area (Å²) in [7, 11) is 0. The normalized spacial score (nSPS) is 20.9. The predicted octanol–water partition coefficient (Wildman–Crippen LogP) is 1.04. The van der Waals surface area contributed by atoms with E-state index in [-0.39, 0.29) is 12.2 Å². The monoisotopic (exact) mass is 217 g/mol. The molecule has 1 heterocycles. The summed E-state index contributed by atoms with van der Waals surface area (Å²) in [6.45, 7) is 0.448. The van der Waals surface area contributed by atoms with E-state index >= 15 is 0 Å². The van der Waals surface area contributed by atoms with Crippen molar-refractivity contribution in [1.82, 2.24) is 5.32 Å². The molecule has 2 N–H and O–H groups in total. The van der Waals surface area contributed by atoms with Gasteiger partial charge in [0.15, 0.2) is 5.78 Å². The third kappa shape index (κ3) is 2.70. The predicted molar refractivity (Wildman–Crippen MR) is 61.9 cm³/mol. The lowest BCUT2D eigenvalue weighted by atomic mass is 10.00. The third-order valence-corrected chi connectivity index (χ3v) is 2.65. The van der Waals surface area contributed by atoms with Gasteiger partial charge in [0.1, 0.15) is 0 Å². The number of carbonyl (C=O) groups is 1. The number of aliphatic hydroxyl groups is 1. The second kappa shape index (κ2) is 4.94. The summed E-state index contributed by atoms with van der Waals surface area (Å²) in [5.41, 5.74) is 1.85. The van der Waals surface area contributed by atoms with E-state index in [0.29, 0.717) is 13.0 Å². The van der Waals surface area contributed by atoms with Crippen molar-refractivity contribution in [2.45, 2.75) is 18.9 Å². The first-order valence-corrected chi connectivity index (χ1v) is 5.43. The molecule has 3 nitrogen and oxygen atoms in total. The van der Waals surface area contributed by atoms with Crippen LogP contribution in [0.25, 0.3) is 0 Å². The zero-order valence-corrected chi connectivity index (χ0v) is 9.02. The summed E-state index contributed by atoms with van der Waals surface area (Å²) < 4.78 is 0. The van der Waals surface area contributed by atoms with Gasteiger partial charge in [0.25, 0.3) is 0 Å². The molecule has 1 aliphatic heterocycles. The molecule has 0 aromatic heterocycles. The van der Waals surface area contributed by atoms with E-state index < -0.39 is 6.10 Å². The van der Waals surface area contributed by atoms with Crippen molar-refractivity contribution >= 4 is 5.78 Å². The summed E-state index contributed by atoms with van der Waals surface area (Å²) in [6, 6.07) is 9.86. The Morgan fingerprint density at radius 1 is 1.31 bits per heavy atom. The highest BCUT2D eigenvalue weighted by molar-refractivity contribution is 5.96. The minimum absolute atomic E-state index is 0.0290. The van der Waals surface area contributed by atoms with E-state index in [2.05, 4.69) is 5.32 Å². The van der Waals surface area contributed by atoms with Gasteiger partial charge in [-0.25, -0.2) is 0 Å². The molecular formula is C13H15NO2. The number of aliphatic hydroxyl groups excluding tert-OH is 1. The fourth-order valence-corrected chi connectivity index (χ4v) is 1.78. The molecule has 1 atom stereocenters. The molecule has 84 valence electrons. The molecule has 0 spiro atoms. The molecule has 16 heavy (non-hydrogen) atoms. The number of nitrogens with one attached hydrogen (secondary N) is 1. The summed E-state index contributed by atoms with van der Waals surface area (Å²) in [4.78, 5) is 11.8. The Balaban J connectivity index is 2.09. The fraction of sp³-hybridized carbons (Fsp3) is 0.308. The van der Waals surface area contributed by atoms with Crippen LogP contribution in [0.1, 0.15) is 12.0 Å². The third-order valence-electron chi connectivity index (χ3n) is 2.65. The Morgan fingerprint density at radius 3 is 2.81 bits per heavy atom. The lowest BCUT2D eigenvalue weighted by Crippen LogP contribution is -2.22. The first-order valence-electron chi connectivity index (χ1n) is 5.43. The van der Waals surface area contributed by atoms with Gasteiger partial charge < -0.3 is 10.4 Å². The van der Waals surface area contributed by atoms with Crippen LogP contribution in [0.15, 0.2) is 42.1 Å². The smallest absolute Gasteiger partial charge is 0.163 e. The molecule has 0 saturated heterocycles. The van der Waals surface area contributed by atoms with Gasteiger partial charge in [-0.1, -0.05) is 30.3 Å². The van der Waals surface area contributed by atoms with Crippen LogP contribution >= 0.6 is 0 Å². The van der Waals surface area contributed by atoms with Crippen molar-refractivity contribution in [3.63, 3.8) is 0 Å². The maximum atomic E-state index is 11.8. The van der Waals surface area contributed by atoms with Gasteiger partial charge in [0, 0.05) is 31.2 Å². The Bertz CT molecular complexity index is 398. The summed E-state index contributed by atoms with van der Waals surface area (Å²) in [6.07, 6.45) is 1.99. The minimum atomic E-state index is -0.572. The van der Waals surface area contributed by atoms with Gasteiger partial charge >= 0.3 is 0 Å². The number of ketones is 1. The van der Waals surface area contributed by atoms with Crippen LogP contribution < -0.4 is 5.32 Å². The highest BCUT2D eigenvalue weighted by Gasteiger charge is 2.18. The standard InChI is InChI=1S/C13H15NO2/c15-12-7-13(16)11(8-14-9-12)6-10-4-2-1-3-5-10/h1-5,8,12,14-15H,6-7,9H2/t12-/m0/s1. The molecule has 0 saturated carbocycles. The number of carbonyl (C=O) groups excluding carboxylic acids is 1. The number of rotatable bonds is 2. The Morgan fingerprint density at radius 2 is 2.06 bits per heavy atom. The Hall–Kier alpha value is -1.61. The number of benzene rings is 1. The SMILES string of the molecule is O=C1C[C@H](O)CNC=C1Cc1ccccc1. The molecular weight excluding hydrogens is 202 g/mol. The van der Waals surface area contributed by atoms with Crippen LogP contribution in [0.2, 0.25) is 0 Å². The van der Waals surface area contributed by atoms with Crippen molar-refractivity contribution in [1.29, 1.82) is 0 Å². The average Bonchev–Trinajstić information content (AvgIpc) is 2.43. The highest BCUT2D eigenvalue weighted by atomic mass is 16.3. The summed E-state index contributed by atoms with van der Waals surface area (Å²) >= 11 is 0. The molecule has 0 bridgehead atoms. The van der Waals surface area contributed by atoms with Crippen molar-refractivity contribution in [3.05, 3.63) is 47.7 Å².